The summed E-state index contributed by atoms with van der Waals surface area (Å²) in [6.45, 7) is 9.43. The summed E-state index contributed by atoms with van der Waals surface area (Å²) in [7, 11) is 0. The van der Waals surface area contributed by atoms with Gasteiger partial charge in [-0.3, -0.25) is 0 Å². The molecule has 1 heteroatoms. The van der Waals surface area contributed by atoms with E-state index in [1.54, 1.807) is 0 Å². The Labute approximate surface area is 198 Å². The predicted octanol–water partition coefficient (Wildman–Crippen LogP) is 10.8. The number of allylic oxidation sites excluding steroid dienone is 1. The van der Waals surface area contributed by atoms with Crippen LogP contribution in [0.25, 0.3) is 0 Å². The first-order valence-electron chi connectivity index (χ1n) is 14.8. The quantitative estimate of drug-likeness (QED) is 0.122. The topological polar surface area (TPSA) is 3.24 Å². The van der Waals surface area contributed by atoms with E-state index < -0.39 is 0 Å². The van der Waals surface area contributed by atoms with Gasteiger partial charge in [0.2, 0.25) is 0 Å². The van der Waals surface area contributed by atoms with Crippen molar-refractivity contribution in [3.05, 3.63) is 12.3 Å². The normalized spacial score (nSPS) is 11.6. The monoisotopic (exact) mass is 435 g/mol. The molecule has 0 unspecified atom stereocenters. The maximum Gasteiger partial charge on any atom is 0.0172 e. The van der Waals surface area contributed by atoms with E-state index in [2.05, 4.69) is 37.9 Å². The van der Waals surface area contributed by atoms with Crippen molar-refractivity contribution < 1.29 is 0 Å². The average molecular weight is 436 g/mol. The summed E-state index contributed by atoms with van der Waals surface area (Å²) >= 11 is 0. The molecule has 0 fully saturated rings. The number of rotatable bonds is 26. The summed E-state index contributed by atoms with van der Waals surface area (Å²) in [5.74, 6) is 0. The summed E-state index contributed by atoms with van der Waals surface area (Å²) < 4.78 is 0. The van der Waals surface area contributed by atoms with Crippen molar-refractivity contribution in [2.45, 2.75) is 168 Å². The zero-order chi connectivity index (χ0) is 22.7. The molecule has 0 aromatic carbocycles. The van der Waals surface area contributed by atoms with Gasteiger partial charge in [0.1, 0.15) is 0 Å². The van der Waals surface area contributed by atoms with Crippen LogP contribution in [0.15, 0.2) is 12.3 Å². The third-order valence-electron chi connectivity index (χ3n) is 6.64. The van der Waals surface area contributed by atoms with E-state index in [4.69, 9.17) is 0 Å². The Morgan fingerprint density at radius 1 is 0.387 bits per heavy atom. The van der Waals surface area contributed by atoms with E-state index >= 15 is 0 Å². The van der Waals surface area contributed by atoms with Gasteiger partial charge in [-0.25, -0.2) is 0 Å². The third kappa shape index (κ3) is 25.7. The number of nitrogens with zero attached hydrogens (tertiary/aromatic N) is 1. The molecule has 0 N–H and O–H groups in total. The van der Waals surface area contributed by atoms with Crippen molar-refractivity contribution in [1.29, 1.82) is 0 Å². The second kappa shape index (κ2) is 27.6. The molecule has 0 aliphatic carbocycles. The van der Waals surface area contributed by atoms with Crippen LogP contribution < -0.4 is 0 Å². The maximum atomic E-state index is 2.59. The molecule has 0 saturated heterocycles. The molecule has 0 spiro atoms. The van der Waals surface area contributed by atoms with E-state index in [9.17, 15) is 0 Å². The Bertz CT molecular complexity index is 335. The largest absolute Gasteiger partial charge is 0.378 e. The van der Waals surface area contributed by atoms with Crippen molar-refractivity contribution in [2.24, 2.45) is 0 Å². The molecule has 0 aliphatic heterocycles. The van der Waals surface area contributed by atoms with Crippen LogP contribution in [0.1, 0.15) is 168 Å². The fourth-order valence-electron chi connectivity index (χ4n) is 4.40. The summed E-state index contributed by atoms with van der Waals surface area (Å²) in [5.41, 5.74) is 0. The Morgan fingerprint density at radius 3 is 1.19 bits per heavy atom. The van der Waals surface area contributed by atoms with Gasteiger partial charge in [0, 0.05) is 13.1 Å². The Balaban J connectivity index is 3.50. The fraction of sp³-hybridized carbons (Fsp3) is 0.933. The van der Waals surface area contributed by atoms with E-state index in [0.717, 1.165) is 0 Å². The van der Waals surface area contributed by atoms with Gasteiger partial charge in [-0.05, 0) is 31.9 Å². The van der Waals surface area contributed by atoms with Crippen LogP contribution in [0.5, 0.6) is 0 Å². The van der Waals surface area contributed by atoms with Crippen LogP contribution in [0, 0.1) is 0 Å². The third-order valence-corrected chi connectivity index (χ3v) is 6.64. The van der Waals surface area contributed by atoms with Crippen LogP contribution in [-0.4, -0.2) is 18.0 Å². The van der Waals surface area contributed by atoms with Crippen LogP contribution in [-0.2, 0) is 0 Å². The van der Waals surface area contributed by atoms with Crippen LogP contribution in [0.3, 0.4) is 0 Å². The lowest BCUT2D eigenvalue weighted by molar-refractivity contribution is 0.353. The zero-order valence-corrected chi connectivity index (χ0v) is 22.3. The first kappa shape index (κ1) is 30.5. The molecule has 0 rings (SSSR count). The zero-order valence-electron chi connectivity index (χ0n) is 22.3. The van der Waals surface area contributed by atoms with E-state index in [-0.39, 0.29) is 0 Å². The van der Waals surface area contributed by atoms with Crippen molar-refractivity contribution in [1.82, 2.24) is 4.90 Å². The van der Waals surface area contributed by atoms with Crippen molar-refractivity contribution in [3.8, 4) is 0 Å². The highest BCUT2D eigenvalue weighted by Gasteiger charge is 1.99. The van der Waals surface area contributed by atoms with Gasteiger partial charge in [0.05, 0.1) is 0 Å². The predicted molar refractivity (Wildman–Crippen MR) is 144 cm³/mol. The second-order valence-corrected chi connectivity index (χ2v) is 9.93. The maximum absolute atomic E-state index is 2.59. The second-order valence-electron chi connectivity index (χ2n) is 9.93. The van der Waals surface area contributed by atoms with E-state index in [1.807, 2.05) is 0 Å². The Kier molecular flexibility index (Phi) is 27.2. The molecule has 0 radical (unpaired) electrons. The summed E-state index contributed by atoms with van der Waals surface area (Å²) in [6, 6.07) is 0. The van der Waals surface area contributed by atoms with E-state index in [1.165, 1.54) is 161 Å². The highest BCUT2D eigenvalue weighted by Crippen LogP contribution is 2.14. The molecule has 0 aromatic rings. The van der Waals surface area contributed by atoms with E-state index in [0.29, 0.717) is 0 Å². The summed E-state index contributed by atoms with van der Waals surface area (Å²) in [4.78, 5) is 2.59. The van der Waals surface area contributed by atoms with Gasteiger partial charge < -0.3 is 4.90 Å². The summed E-state index contributed by atoms with van der Waals surface area (Å²) in [6.07, 6.45) is 37.5. The molecule has 0 saturated carbocycles. The minimum absolute atomic E-state index is 1.25. The molecular formula is C30H61N. The molecule has 0 heterocycles. The number of hydrogen-bond donors (Lipinski definition) is 0. The molecular weight excluding hydrogens is 374 g/mol. The summed E-state index contributed by atoms with van der Waals surface area (Å²) in [5, 5.41) is 0. The minimum Gasteiger partial charge on any atom is -0.378 e. The molecule has 0 aliphatic rings. The standard InChI is InChI=1S/C30H61N/c1-4-7-10-12-14-15-16-17-18-19-20-21-22-23-25-27-30-31(28-9-6-3)29-26-24-13-11-8-5-2/h27,30H,4-26,28-29H2,1-3H3. The molecule has 186 valence electrons. The Hall–Kier alpha value is -0.460. The van der Waals surface area contributed by atoms with Gasteiger partial charge in [0.15, 0.2) is 0 Å². The van der Waals surface area contributed by atoms with Crippen molar-refractivity contribution in [2.75, 3.05) is 13.1 Å². The average Bonchev–Trinajstić information content (AvgIpc) is 2.78. The van der Waals surface area contributed by atoms with Crippen LogP contribution in [0.2, 0.25) is 0 Å². The molecule has 0 aromatic heterocycles. The first-order valence-corrected chi connectivity index (χ1v) is 14.8. The molecule has 0 bridgehead atoms. The molecule has 1 nitrogen and oxygen atoms in total. The Morgan fingerprint density at radius 2 is 0.742 bits per heavy atom. The van der Waals surface area contributed by atoms with Gasteiger partial charge in [-0.1, -0.05) is 149 Å². The fourth-order valence-corrected chi connectivity index (χ4v) is 4.40. The van der Waals surface area contributed by atoms with Gasteiger partial charge in [-0.2, -0.15) is 0 Å². The van der Waals surface area contributed by atoms with Gasteiger partial charge in [0.25, 0.3) is 0 Å². The lowest BCUT2D eigenvalue weighted by Crippen LogP contribution is -2.19. The van der Waals surface area contributed by atoms with Gasteiger partial charge >= 0.3 is 0 Å². The minimum atomic E-state index is 1.25. The number of unbranched alkanes of at least 4 members (excludes halogenated alkanes) is 20. The van der Waals surface area contributed by atoms with Crippen LogP contribution in [0.4, 0.5) is 0 Å². The lowest BCUT2D eigenvalue weighted by atomic mass is 10.0. The highest BCUT2D eigenvalue weighted by molar-refractivity contribution is 4.82. The molecule has 0 amide bonds. The van der Waals surface area contributed by atoms with Crippen molar-refractivity contribution in [3.63, 3.8) is 0 Å². The first-order chi connectivity index (χ1) is 15.3. The number of hydrogen-bond acceptors (Lipinski definition) is 1. The van der Waals surface area contributed by atoms with Gasteiger partial charge in [-0.15, -0.1) is 0 Å². The lowest BCUT2D eigenvalue weighted by Gasteiger charge is -2.20. The van der Waals surface area contributed by atoms with Crippen molar-refractivity contribution >= 4 is 0 Å². The van der Waals surface area contributed by atoms with Crippen LogP contribution >= 0.6 is 0 Å². The smallest absolute Gasteiger partial charge is 0.0172 e. The SMILES string of the molecule is CCCCCCCCCCCCCCCCC=CN(CCCC)CCCCCCCC. The molecule has 0 atom stereocenters. The molecule has 31 heavy (non-hydrogen) atoms. The highest BCUT2D eigenvalue weighted by atomic mass is 15.1.